The second kappa shape index (κ2) is 39.2. The van der Waals surface area contributed by atoms with E-state index in [1.165, 1.54) is 13.8 Å². The summed E-state index contributed by atoms with van der Waals surface area (Å²) in [5.74, 6) is -3.24. The minimum Gasteiger partial charge on any atom is -0.454 e. The summed E-state index contributed by atoms with van der Waals surface area (Å²) in [5.41, 5.74) is 6.57. The van der Waals surface area contributed by atoms with Crippen LogP contribution in [0.4, 0.5) is 0 Å². The van der Waals surface area contributed by atoms with Crippen LogP contribution in [0.2, 0.25) is 0 Å². The van der Waals surface area contributed by atoms with E-state index in [-0.39, 0.29) is 58.8 Å². The average molecular weight is 1530 g/mol. The Labute approximate surface area is 652 Å². The molecule has 0 radical (unpaired) electrons. The Morgan fingerprint density at radius 2 is 0.721 bits per heavy atom. The quantitative estimate of drug-likeness (QED) is 0.0387. The van der Waals surface area contributed by atoms with E-state index < -0.39 is 165 Å². The molecule has 6 fully saturated rings. The lowest BCUT2D eigenvalue weighted by Gasteiger charge is -2.53. The zero-order valence-electron chi connectivity index (χ0n) is 65.1. The SMILES string of the molecule is CC(=O)NC1[C@H](C)OC2COC(C)(C)O[C@H]2[C@@H]1O[C@@H]1OC(C)[C@@H](OCc2ccccc2)[C@H](O[C@@H]2OC(C)[C@@H](OCc3ccccc3)[C@H](OCc3ccccc3)C2O[C@@H]2OC(C)[C@@H](OCc3ccccc3)[C@H](O[C@H]3O[C@@H](COCc4ccccc4)[C@H](OCc4ccccc4)C(OCc4ccccc4)C3C)C2C)C1OC(C)=O. The van der Waals surface area contributed by atoms with Gasteiger partial charge >= 0.3 is 5.97 Å². The van der Waals surface area contributed by atoms with Crippen LogP contribution >= 0.6 is 0 Å². The van der Waals surface area contributed by atoms with Crippen molar-refractivity contribution in [1.29, 1.82) is 0 Å². The first-order chi connectivity index (χ1) is 53.9. The fourth-order valence-electron chi connectivity index (χ4n) is 15.7. The van der Waals surface area contributed by atoms with Gasteiger partial charge in [0.15, 0.2) is 37.1 Å². The number of carbonyl (C=O) groups excluding carboxylic acids is 2. The summed E-state index contributed by atoms with van der Waals surface area (Å²) >= 11 is 0. The molecule has 0 spiro atoms. The van der Waals surface area contributed by atoms with Crippen molar-refractivity contribution < 1.29 is 99.6 Å². The molecule has 10 unspecified atom stereocenters. The van der Waals surface area contributed by atoms with Crippen LogP contribution in [0, 0.1) is 11.8 Å². The molecule has 0 aliphatic carbocycles. The van der Waals surface area contributed by atoms with E-state index in [4.69, 9.17) is 90.0 Å². The molecule has 6 aliphatic rings. The first-order valence-electron chi connectivity index (χ1n) is 39.1. The Morgan fingerprint density at radius 3 is 1.17 bits per heavy atom. The highest BCUT2D eigenvalue weighted by Gasteiger charge is 2.60. The number of hydrogen-bond donors (Lipinski definition) is 1. The molecule has 7 aromatic rings. The smallest absolute Gasteiger partial charge is 0.303 e. The van der Waals surface area contributed by atoms with Gasteiger partial charge in [-0.3, -0.25) is 9.59 Å². The maximum atomic E-state index is 14.0. The maximum Gasteiger partial charge on any atom is 0.303 e. The summed E-state index contributed by atoms with van der Waals surface area (Å²) in [6, 6.07) is 68.8. The number of fused-ring (bicyclic) bond motifs is 1. The zero-order valence-corrected chi connectivity index (χ0v) is 65.1. The molecular weight excluding hydrogens is 1420 g/mol. The molecule has 1 N–H and O–H groups in total. The second-order valence-corrected chi connectivity index (χ2v) is 30.3. The van der Waals surface area contributed by atoms with Gasteiger partial charge in [-0.1, -0.05) is 226 Å². The van der Waals surface area contributed by atoms with Crippen LogP contribution in [0.25, 0.3) is 0 Å². The number of nitrogens with one attached hydrogen (secondary N) is 1. The molecule has 22 heteroatoms. The largest absolute Gasteiger partial charge is 0.454 e. The number of carbonyl (C=O) groups is 2. The molecule has 7 aromatic carbocycles. The predicted molar refractivity (Wildman–Crippen MR) is 408 cm³/mol. The molecule has 0 saturated carbocycles. The maximum absolute atomic E-state index is 14.0. The number of rotatable bonds is 32. The Morgan fingerprint density at radius 1 is 0.369 bits per heavy atom. The predicted octanol–water partition coefficient (Wildman–Crippen LogP) is 12.9. The first-order valence-corrected chi connectivity index (χ1v) is 39.1. The average Bonchev–Trinajstić information content (AvgIpc) is 0.767. The summed E-state index contributed by atoms with van der Waals surface area (Å²) in [4.78, 5) is 27.3. The zero-order chi connectivity index (χ0) is 77.4. The van der Waals surface area contributed by atoms with Crippen molar-refractivity contribution in [1.82, 2.24) is 5.32 Å². The number of benzene rings is 7. The van der Waals surface area contributed by atoms with Crippen molar-refractivity contribution in [2.24, 2.45) is 11.8 Å². The summed E-state index contributed by atoms with van der Waals surface area (Å²) in [7, 11) is 0. The molecule has 6 aliphatic heterocycles. The molecule has 111 heavy (non-hydrogen) atoms. The Kier molecular flexibility index (Phi) is 28.9. The second-order valence-electron chi connectivity index (χ2n) is 30.3. The molecule has 596 valence electrons. The summed E-state index contributed by atoms with van der Waals surface area (Å²) in [5, 5.41) is 3.07. The van der Waals surface area contributed by atoms with Gasteiger partial charge in [0.05, 0.1) is 102 Å². The number of ether oxygens (including phenoxy) is 19. The molecule has 0 bridgehead atoms. The summed E-state index contributed by atoms with van der Waals surface area (Å²) in [6.07, 6.45) is -20.5. The van der Waals surface area contributed by atoms with Crippen LogP contribution in [0.1, 0.15) is 108 Å². The highest BCUT2D eigenvalue weighted by atomic mass is 16.8. The van der Waals surface area contributed by atoms with Gasteiger partial charge in [-0.15, -0.1) is 0 Å². The monoisotopic (exact) mass is 1530 g/mol. The minimum atomic E-state index is -1.41. The fourth-order valence-corrected chi connectivity index (χ4v) is 15.7. The Balaban J connectivity index is 0.889. The highest BCUT2D eigenvalue weighted by Crippen LogP contribution is 2.44. The van der Waals surface area contributed by atoms with E-state index in [1.54, 1.807) is 13.8 Å². The van der Waals surface area contributed by atoms with Crippen molar-refractivity contribution in [2.75, 3.05) is 13.2 Å². The van der Waals surface area contributed by atoms with Gasteiger partial charge in [-0.25, -0.2) is 0 Å². The lowest BCUT2D eigenvalue weighted by atomic mass is 9.89. The van der Waals surface area contributed by atoms with E-state index in [1.807, 2.05) is 247 Å². The van der Waals surface area contributed by atoms with E-state index in [9.17, 15) is 9.59 Å². The highest BCUT2D eigenvalue weighted by molar-refractivity contribution is 5.73. The molecule has 6 saturated heterocycles. The van der Waals surface area contributed by atoms with Crippen LogP contribution in [0.5, 0.6) is 0 Å². The van der Waals surface area contributed by atoms with Gasteiger partial charge in [0.2, 0.25) is 5.91 Å². The van der Waals surface area contributed by atoms with Crippen molar-refractivity contribution >= 4 is 11.9 Å². The lowest BCUT2D eigenvalue weighted by molar-refractivity contribution is -0.402. The van der Waals surface area contributed by atoms with Gasteiger partial charge in [0.1, 0.15) is 67.1 Å². The molecule has 25 atom stereocenters. The molecule has 13 rings (SSSR count). The third-order valence-electron chi connectivity index (χ3n) is 21.4. The van der Waals surface area contributed by atoms with Gasteiger partial charge in [0.25, 0.3) is 0 Å². The fraction of sp³-hybridized carbons (Fsp3) is 0.506. The normalized spacial score (nSPS) is 33.4. The molecule has 6 heterocycles. The van der Waals surface area contributed by atoms with Crippen molar-refractivity contribution in [3.63, 3.8) is 0 Å². The first kappa shape index (κ1) is 81.8. The third-order valence-corrected chi connectivity index (χ3v) is 21.4. The standard InChI is InChI=1S/C89H109NO21/c1-55-73(94-47-64-34-20-12-21-35-64)78(98-51-68-42-28-16-29-43-68)70(53-93-46-63-32-18-11-19-33-63)106-86(55)107-74-56(2)85(102-58(4)75(74)95-48-65-36-22-13-23-37-65)110-83-81(99-52-69-44-30-17-31-45-69)76(96-49-66-38-24-14-25-39-66)59(5)103-87(83)109-82-77(97-50-67-40-26-15-27-41-67)60(6)104-88(84(82)105-62(8)92)108-80-72(90-61(7)91)57(3)101-71-54-100-89(9,10)111-79(71)80/h11-45,55-60,70-88H,46-54H2,1-10H3,(H,90,91)/t55?,56?,57-,58?,59?,60?,70-,71?,72?,73?,74+,75+,76+,77+,78-,79+,80+,81-,82-,83?,84?,85-,86+,87-,88-/m0/s1. The van der Waals surface area contributed by atoms with Crippen LogP contribution in [0.3, 0.4) is 0 Å². The van der Waals surface area contributed by atoms with Crippen LogP contribution in [-0.4, -0.2) is 172 Å². The lowest BCUT2D eigenvalue weighted by Crippen LogP contribution is -2.70. The molecule has 22 nitrogen and oxygen atoms in total. The van der Waals surface area contributed by atoms with Crippen molar-refractivity contribution in [2.45, 2.75) is 262 Å². The van der Waals surface area contributed by atoms with Crippen molar-refractivity contribution in [3.8, 4) is 0 Å². The van der Waals surface area contributed by atoms with E-state index in [0.29, 0.717) is 6.61 Å². The van der Waals surface area contributed by atoms with Gasteiger partial charge in [-0.05, 0) is 80.5 Å². The Bertz CT molecular complexity index is 3920. The van der Waals surface area contributed by atoms with E-state index in [0.717, 1.165) is 38.9 Å². The van der Waals surface area contributed by atoms with Crippen LogP contribution < -0.4 is 5.32 Å². The third kappa shape index (κ3) is 21.6. The van der Waals surface area contributed by atoms with Gasteiger partial charge in [0, 0.05) is 25.7 Å². The Hall–Kier alpha value is -7.24. The number of hydrogen-bond acceptors (Lipinski definition) is 21. The van der Waals surface area contributed by atoms with Gasteiger partial charge in [-0.2, -0.15) is 0 Å². The number of esters is 1. The molecule has 0 aromatic heterocycles. The van der Waals surface area contributed by atoms with E-state index >= 15 is 0 Å². The summed E-state index contributed by atoms with van der Waals surface area (Å²) in [6.45, 7) is 19.8. The minimum absolute atomic E-state index is 0.0957. The molecular formula is C89H109NO21. The summed E-state index contributed by atoms with van der Waals surface area (Å²) < 4.78 is 134. The van der Waals surface area contributed by atoms with Gasteiger partial charge < -0.3 is 95.3 Å². The van der Waals surface area contributed by atoms with Crippen LogP contribution in [0.15, 0.2) is 212 Å². The number of amides is 1. The van der Waals surface area contributed by atoms with E-state index in [2.05, 4.69) is 12.2 Å². The van der Waals surface area contributed by atoms with Crippen LogP contribution in [-0.2, 0) is 146 Å². The molecule has 1 amide bonds. The van der Waals surface area contributed by atoms with Crippen molar-refractivity contribution in [3.05, 3.63) is 251 Å². The topological polar surface area (TPSA) is 222 Å².